The summed E-state index contributed by atoms with van der Waals surface area (Å²) in [6, 6.07) is 20.4. The van der Waals surface area contributed by atoms with Crippen LogP contribution in [0.2, 0.25) is 0 Å². The fraction of sp³-hybridized carbons (Fsp3) is 0.391. The SMILES string of the molecule is COC(=O)CCCCNC(=O)N(CCc1ccccc1)CCc1ccccc1. The van der Waals surface area contributed by atoms with Crippen molar-refractivity contribution in [1.29, 1.82) is 0 Å². The zero-order valence-electron chi connectivity index (χ0n) is 16.6. The zero-order chi connectivity index (χ0) is 20.0. The highest BCUT2D eigenvalue weighted by Crippen LogP contribution is 2.06. The number of amides is 2. The average Bonchev–Trinajstić information content (AvgIpc) is 2.74. The highest BCUT2D eigenvalue weighted by Gasteiger charge is 2.13. The van der Waals surface area contributed by atoms with Crippen LogP contribution in [-0.2, 0) is 22.4 Å². The third-order valence-electron chi connectivity index (χ3n) is 4.63. The highest BCUT2D eigenvalue weighted by molar-refractivity contribution is 5.74. The largest absolute Gasteiger partial charge is 0.469 e. The first-order valence-corrected chi connectivity index (χ1v) is 9.86. The van der Waals surface area contributed by atoms with Crippen molar-refractivity contribution in [1.82, 2.24) is 10.2 Å². The van der Waals surface area contributed by atoms with E-state index in [2.05, 4.69) is 34.3 Å². The second-order valence-electron chi connectivity index (χ2n) is 6.72. The molecule has 1 N–H and O–H groups in total. The number of unbranched alkanes of at least 4 members (excludes halogenated alkanes) is 1. The Bertz CT molecular complexity index is 661. The smallest absolute Gasteiger partial charge is 0.317 e. The third kappa shape index (κ3) is 8.25. The number of ether oxygens (including phenoxy) is 1. The van der Waals surface area contributed by atoms with Crippen LogP contribution in [0.25, 0.3) is 0 Å². The minimum atomic E-state index is -0.210. The number of hydrogen-bond acceptors (Lipinski definition) is 3. The number of esters is 1. The molecule has 0 heterocycles. The van der Waals surface area contributed by atoms with E-state index >= 15 is 0 Å². The quantitative estimate of drug-likeness (QED) is 0.475. The summed E-state index contributed by atoms with van der Waals surface area (Å²) in [5.41, 5.74) is 2.44. The Kier molecular flexibility index (Phi) is 9.62. The molecule has 28 heavy (non-hydrogen) atoms. The lowest BCUT2D eigenvalue weighted by Crippen LogP contribution is -2.42. The van der Waals surface area contributed by atoms with Crippen molar-refractivity contribution in [3.63, 3.8) is 0 Å². The number of carbonyl (C=O) groups is 2. The standard InChI is InChI=1S/C23H30N2O3/c1-28-22(26)14-8-9-17-24-23(27)25(18-15-20-10-4-2-5-11-20)19-16-21-12-6-3-7-13-21/h2-7,10-13H,8-9,14-19H2,1H3,(H,24,27). The summed E-state index contributed by atoms with van der Waals surface area (Å²) in [7, 11) is 1.39. The van der Waals surface area contributed by atoms with Crippen LogP contribution in [0, 0.1) is 0 Å². The molecule has 0 fully saturated rings. The molecule has 0 spiro atoms. The molecule has 2 rings (SSSR count). The molecule has 5 heteroatoms. The fourth-order valence-electron chi connectivity index (χ4n) is 2.94. The first-order chi connectivity index (χ1) is 13.7. The maximum Gasteiger partial charge on any atom is 0.317 e. The summed E-state index contributed by atoms with van der Waals surface area (Å²) < 4.78 is 4.63. The number of carbonyl (C=O) groups excluding carboxylic acids is 2. The minimum absolute atomic E-state index is 0.0510. The van der Waals surface area contributed by atoms with Gasteiger partial charge in [0.05, 0.1) is 7.11 Å². The van der Waals surface area contributed by atoms with Crippen molar-refractivity contribution in [3.05, 3.63) is 71.8 Å². The normalized spacial score (nSPS) is 10.3. The molecular formula is C23H30N2O3. The van der Waals surface area contributed by atoms with E-state index < -0.39 is 0 Å². The molecule has 0 radical (unpaired) electrons. The Morgan fingerprint density at radius 3 is 1.89 bits per heavy atom. The number of nitrogens with zero attached hydrogens (tertiary/aromatic N) is 1. The van der Waals surface area contributed by atoms with Gasteiger partial charge in [-0.05, 0) is 36.8 Å². The van der Waals surface area contributed by atoms with E-state index in [1.54, 1.807) is 0 Å². The van der Waals surface area contributed by atoms with Crippen LogP contribution >= 0.6 is 0 Å². The van der Waals surface area contributed by atoms with Crippen molar-refractivity contribution in [3.8, 4) is 0 Å². The molecule has 2 aromatic carbocycles. The van der Waals surface area contributed by atoms with Gasteiger partial charge in [0.25, 0.3) is 0 Å². The number of urea groups is 1. The molecule has 0 aromatic heterocycles. The first-order valence-electron chi connectivity index (χ1n) is 9.86. The molecule has 0 bridgehead atoms. The lowest BCUT2D eigenvalue weighted by molar-refractivity contribution is -0.140. The second-order valence-corrected chi connectivity index (χ2v) is 6.72. The van der Waals surface area contributed by atoms with E-state index in [1.165, 1.54) is 18.2 Å². The second kappa shape index (κ2) is 12.5. The van der Waals surface area contributed by atoms with Gasteiger partial charge in [-0.3, -0.25) is 4.79 Å². The van der Waals surface area contributed by atoms with E-state index in [9.17, 15) is 9.59 Å². The molecule has 2 amide bonds. The molecule has 0 atom stereocenters. The highest BCUT2D eigenvalue weighted by atomic mass is 16.5. The zero-order valence-corrected chi connectivity index (χ0v) is 16.6. The molecular weight excluding hydrogens is 352 g/mol. The Balaban J connectivity index is 1.83. The fourth-order valence-corrected chi connectivity index (χ4v) is 2.94. The topological polar surface area (TPSA) is 58.6 Å². The van der Waals surface area contributed by atoms with Crippen molar-refractivity contribution in [2.45, 2.75) is 32.1 Å². The summed E-state index contributed by atoms with van der Waals surface area (Å²) >= 11 is 0. The minimum Gasteiger partial charge on any atom is -0.469 e. The van der Waals surface area contributed by atoms with Crippen LogP contribution in [-0.4, -0.2) is 43.6 Å². The van der Waals surface area contributed by atoms with Gasteiger partial charge < -0.3 is 15.0 Å². The van der Waals surface area contributed by atoms with Gasteiger partial charge >= 0.3 is 12.0 Å². The van der Waals surface area contributed by atoms with E-state index in [1.807, 2.05) is 41.3 Å². The van der Waals surface area contributed by atoms with Crippen molar-refractivity contribution in [2.75, 3.05) is 26.7 Å². The summed E-state index contributed by atoms with van der Waals surface area (Å²) in [6.45, 7) is 1.90. The molecule has 0 aliphatic carbocycles. The first kappa shape index (κ1) is 21.5. The van der Waals surface area contributed by atoms with Crippen LogP contribution in [0.1, 0.15) is 30.4 Å². The Morgan fingerprint density at radius 1 is 0.857 bits per heavy atom. The number of benzene rings is 2. The summed E-state index contributed by atoms with van der Waals surface area (Å²) in [5, 5.41) is 2.98. The van der Waals surface area contributed by atoms with Crippen LogP contribution in [0.4, 0.5) is 4.79 Å². The van der Waals surface area contributed by atoms with Gasteiger partial charge in [0.1, 0.15) is 0 Å². The van der Waals surface area contributed by atoms with Crippen molar-refractivity contribution < 1.29 is 14.3 Å². The van der Waals surface area contributed by atoms with Gasteiger partial charge in [-0.2, -0.15) is 0 Å². The van der Waals surface area contributed by atoms with Crippen LogP contribution < -0.4 is 5.32 Å². The lowest BCUT2D eigenvalue weighted by Gasteiger charge is -2.23. The van der Waals surface area contributed by atoms with Crippen LogP contribution in [0.3, 0.4) is 0 Å². The van der Waals surface area contributed by atoms with Gasteiger partial charge in [0.2, 0.25) is 0 Å². The molecule has 0 saturated carbocycles. The number of rotatable bonds is 11. The molecule has 2 aromatic rings. The van der Waals surface area contributed by atoms with Gasteiger partial charge in [0.15, 0.2) is 0 Å². The van der Waals surface area contributed by atoms with E-state index in [4.69, 9.17) is 0 Å². The molecule has 0 aliphatic heterocycles. The number of methoxy groups -OCH3 is 1. The van der Waals surface area contributed by atoms with E-state index in [-0.39, 0.29) is 12.0 Å². The molecule has 150 valence electrons. The summed E-state index contributed by atoms with van der Waals surface area (Å²) in [6.07, 6.45) is 3.50. The molecule has 0 saturated heterocycles. The van der Waals surface area contributed by atoms with Crippen LogP contribution in [0.15, 0.2) is 60.7 Å². The maximum absolute atomic E-state index is 12.7. The number of nitrogens with one attached hydrogen (secondary N) is 1. The van der Waals surface area contributed by atoms with Gasteiger partial charge in [-0.15, -0.1) is 0 Å². The Labute approximate surface area is 167 Å². The van der Waals surface area contributed by atoms with Crippen molar-refractivity contribution in [2.24, 2.45) is 0 Å². The predicted octanol–water partition coefficient (Wildman–Crippen LogP) is 3.83. The van der Waals surface area contributed by atoms with Crippen molar-refractivity contribution >= 4 is 12.0 Å². The number of hydrogen-bond donors (Lipinski definition) is 1. The van der Waals surface area contributed by atoms with Crippen LogP contribution in [0.5, 0.6) is 0 Å². The Morgan fingerprint density at radius 2 is 1.39 bits per heavy atom. The average molecular weight is 383 g/mol. The molecule has 0 unspecified atom stereocenters. The van der Waals surface area contributed by atoms with Gasteiger partial charge in [-0.1, -0.05) is 60.7 Å². The van der Waals surface area contributed by atoms with E-state index in [0.29, 0.717) is 32.5 Å². The third-order valence-corrected chi connectivity index (χ3v) is 4.63. The maximum atomic E-state index is 12.7. The van der Waals surface area contributed by atoms with Gasteiger partial charge in [-0.25, -0.2) is 4.79 Å². The van der Waals surface area contributed by atoms with Gasteiger partial charge in [0, 0.05) is 26.1 Å². The predicted molar refractivity (Wildman–Crippen MR) is 111 cm³/mol. The summed E-state index contributed by atoms with van der Waals surface area (Å²) in [5.74, 6) is -0.210. The molecule has 5 nitrogen and oxygen atoms in total. The monoisotopic (exact) mass is 382 g/mol. The Hall–Kier alpha value is -2.82. The molecule has 0 aliphatic rings. The summed E-state index contributed by atoms with van der Waals surface area (Å²) in [4.78, 5) is 25.7. The lowest BCUT2D eigenvalue weighted by atomic mass is 10.1. The van der Waals surface area contributed by atoms with E-state index in [0.717, 1.165) is 19.3 Å².